The Balaban J connectivity index is 1.98. The van der Waals surface area contributed by atoms with E-state index in [9.17, 15) is 0 Å². The van der Waals surface area contributed by atoms with Gasteiger partial charge in [0.25, 0.3) is 0 Å². The van der Waals surface area contributed by atoms with E-state index in [1.807, 2.05) is 0 Å². The number of aromatic nitrogens is 2. The van der Waals surface area contributed by atoms with E-state index in [-0.39, 0.29) is 6.04 Å². The number of imidazole rings is 1. The molecule has 2 N–H and O–H groups in total. The normalized spacial score (nSPS) is 19.3. The quantitative estimate of drug-likeness (QED) is 0.926. The van der Waals surface area contributed by atoms with Gasteiger partial charge in [-0.05, 0) is 40.2 Å². The summed E-state index contributed by atoms with van der Waals surface area (Å²) in [7, 11) is 0. The van der Waals surface area contributed by atoms with Crippen LogP contribution in [0.25, 0.3) is 0 Å². The van der Waals surface area contributed by atoms with Gasteiger partial charge in [-0.2, -0.15) is 0 Å². The molecule has 0 saturated heterocycles. The van der Waals surface area contributed by atoms with Crippen molar-refractivity contribution in [3.63, 3.8) is 0 Å². The zero-order valence-electron chi connectivity index (χ0n) is 9.40. The maximum Gasteiger partial charge on any atom is 0.129 e. The van der Waals surface area contributed by atoms with Crippen molar-refractivity contribution in [3.8, 4) is 0 Å². The molecule has 0 bridgehead atoms. The Bertz CT molecular complexity index is 518. The van der Waals surface area contributed by atoms with Crippen LogP contribution in [-0.2, 0) is 13.0 Å². The number of nitrogens with zero attached hydrogens (tertiary/aromatic N) is 2. The molecular weight excluding hydrogens is 298 g/mol. The first-order valence-corrected chi connectivity index (χ1v) is 7.45. The van der Waals surface area contributed by atoms with Gasteiger partial charge in [-0.1, -0.05) is 6.07 Å². The molecule has 0 aliphatic carbocycles. The summed E-state index contributed by atoms with van der Waals surface area (Å²) < 4.78 is 3.22. The number of fused-ring (bicyclic) bond motifs is 1. The molecule has 1 unspecified atom stereocenters. The summed E-state index contributed by atoms with van der Waals surface area (Å²) in [6.45, 7) is 1.04. The van der Waals surface area contributed by atoms with Crippen LogP contribution in [-0.4, -0.2) is 9.55 Å². The lowest BCUT2D eigenvalue weighted by Gasteiger charge is -2.22. The number of halogens is 1. The van der Waals surface area contributed by atoms with Crippen LogP contribution in [0.15, 0.2) is 22.1 Å². The summed E-state index contributed by atoms with van der Waals surface area (Å²) in [4.78, 5) is 5.98. The molecule has 1 atom stereocenters. The van der Waals surface area contributed by atoms with E-state index in [1.165, 1.54) is 10.6 Å². The van der Waals surface area contributed by atoms with Crippen LogP contribution in [0.2, 0.25) is 0 Å². The lowest BCUT2D eigenvalue weighted by atomic mass is 10.1. The number of thiophene rings is 1. The minimum Gasteiger partial charge on any atom is -0.329 e. The second kappa shape index (κ2) is 4.55. The molecule has 0 aromatic carbocycles. The Kier molecular flexibility index (Phi) is 3.06. The molecule has 1 aliphatic rings. The third kappa shape index (κ3) is 2.07. The molecule has 3 rings (SSSR count). The van der Waals surface area contributed by atoms with Crippen LogP contribution >= 0.6 is 27.3 Å². The van der Waals surface area contributed by atoms with Crippen molar-refractivity contribution in [2.45, 2.75) is 31.8 Å². The summed E-state index contributed by atoms with van der Waals surface area (Å²) in [6, 6.07) is 4.37. The van der Waals surface area contributed by atoms with Crippen LogP contribution in [0.5, 0.6) is 0 Å². The van der Waals surface area contributed by atoms with Crippen LogP contribution in [0.4, 0.5) is 0 Å². The van der Waals surface area contributed by atoms with Crippen molar-refractivity contribution >= 4 is 27.3 Å². The molecule has 2 aromatic rings. The van der Waals surface area contributed by atoms with Gasteiger partial charge in [0.15, 0.2) is 0 Å². The molecule has 0 radical (unpaired) electrons. The molecule has 0 amide bonds. The first-order chi connectivity index (χ1) is 8.25. The second-order valence-corrected chi connectivity index (χ2v) is 6.14. The highest BCUT2D eigenvalue weighted by atomic mass is 79.9. The molecular formula is C12H14BrN3S. The van der Waals surface area contributed by atoms with Gasteiger partial charge >= 0.3 is 0 Å². The van der Waals surface area contributed by atoms with Crippen LogP contribution in [0, 0.1) is 0 Å². The molecule has 3 heterocycles. The summed E-state index contributed by atoms with van der Waals surface area (Å²) >= 11 is 5.32. The second-order valence-electron chi connectivity index (χ2n) is 4.36. The van der Waals surface area contributed by atoms with Gasteiger partial charge in [-0.15, -0.1) is 11.3 Å². The standard InChI is InChI=1S/C12H14BrN3S/c13-12-11-9(14)4-1-5-16(11)10(15-12)7-8-3-2-6-17-8/h2-3,6,9H,1,4-5,7,14H2. The molecule has 2 aromatic heterocycles. The number of nitrogens with two attached hydrogens (primary N) is 1. The highest BCUT2D eigenvalue weighted by Crippen LogP contribution is 2.31. The Morgan fingerprint density at radius 2 is 2.47 bits per heavy atom. The fourth-order valence-corrected chi connectivity index (χ4v) is 3.81. The van der Waals surface area contributed by atoms with E-state index in [0.717, 1.165) is 36.2 Å². The van der Waals surface area contributed by atoms with Crippen molar-refractivity contribution in [1.82, 2.24) is 9.55 Å². The average molecular weight is 312 g/mol. The monoisotopic (exact) mass is 311 g/mol. The van der Waals surface area contributed by atoms with E-state index in [4.69, 9.17) is 5.73 Å². The minimum atomic E-state index is 0.128. The number of rotatable bonds is 2. The minimum absolute atomic E-state index is 0.128. The average Bonchev–Trinajstić information content (AvgIpc) is 2.90. The van der Waals surface area contributed by atoms with Gasteiger partial charge in [0, 0.05) is 23.9 Å². The lowest BCUT2D eigenvalue weighted by Crippen LogP contribution is -2.22. The van der Waals surface area contributed by atoms with Crippen molar-refractivity contribution in [2.75, 3.05) is 0 Å². The molecule has 0 fully saturated rings. The van der Waals surface area contributed by atoms with Crippen molar-refractivity contribution in [2.24, 2.45) is 5.73 Å². The van der Waals surface area contributed by atoms with E-state index in [0.29, 0.717) is 0 Å². The largest absolute Gasteiger partial charge is 0.329 e. The topological polar surface area (TPSA) is 43.8 Å². The Labute approximate surface area is 113 Å². The molecule has 90 valence electrons. The summed E-state index contributed by atoms with van der Waals surface area (Å²) in [5, 5.41) is 2.11. The Hall–Kier alpha value is -0.650. The van der Waals surface area contributed by atoms with Gasteiger partial charge < -0.3 is 10.3 Å². The maximum atomic E-state index is 6.15. The first kappa shape index (κ1) is 11.4. The van der Waals surface area contributed by atoms with Gasteiger partial charge in [0.2, 0.25) is 0 Å². The van der Waals surface area contributed by atoms with Gasteiger partial charge in [-0.25, -0.2) is 4.98 Å². The highest BCUT2D eigenvalue weighted by Gasteiger charge is 2.24. The molecule has 1 aliphatic heterocycles. The van der Waals surface area contributed by atoms with Crippen molar-refractivity contribution < 1.29 is 0 Å². The predicted molar refractivity (Wildman–Crippen MR) is 73.2 cm³/mol. The van der Waals surface area contributed by atoms with Gasteiger partial charge in [0.1, 0.15) is 10.4 Å². The molecule has 0 spiro atoms. The van der Waals surface area contributed by atoms with Crippen LogP contribution in [0.1, 0.15) is 35.3 Å². The number of hydrogen-bond donors (Lipinski definition) is 1. The first-order valence-electron chi connectivity index (χ1n) is 5.78. The van der Waals surface area contributed by atoms with Crippen LogP contribution < -0.4 is 5.73 Å². The SMILES string of the molecule is NC1CCCn2c(Cc3cccs3)nc(Br)c21. The smallest absolute Gasteiger partial charge is 0.129 e. The maximum absolute atomic E-state index is 6.15. The molecule has 5 heteroatoms. The Morgan fingerprint density at radius 3 is 3.24 bits per heavy atom. The van der Waals surface area contributed by atoms with E-state index in [2.05, 4.69) is 43.0 Å². The molecule has 17 heavy (non-hydrogen) atoms. The zero-order valence-corrected chi connectivity index (χ0v) is 11.8. The van der Waals surface area contributed by atoms with E-state index >= 15 is 0 Å². The van der Waals surface area contributed by atoms with Crippen molar-refractivity contribution in [1.29, 1.82) is 0 Å². The predicted octanol–water partition coefficient (Wildman–Crippen LogP) is 3.09. The fraction of sp³-hybridized carbons (Fsp3) is 0.417. The summed E-state index contributed by atoms with van der Waals surface area (Å²) in [5.74, 6) is 1.13. The Morgan fingerprint density at radius 1 is 1.59 bits per heavy atom. The van der Waals surface area contributed by atoms with Crippen molar-refractivity contribution in [3.05, 3.63) is 38.5 Å². The fourth-order valence-electron chi connectivity index (χ4n) is 2.39. The van der Waals surface area contributed by atoms with E-state index < -0.39 is 0 Å². The van der Waals surface area contributed by atoms with Crippen LogP contribution in [0.3, 0.4) is 0 Å². The number of hydrogen-bond acceptors (Lipinski definition) is 3. The lowest BCUT2D eigenvalue weighted by molar-refractivity contribution is 0.453. The zero-order chi connectivity index (χ0) is 11.8. The van der Waals surface area contributed by atoms with Gasteiger partial charge in [0.05, 0.1) is 5.69 Å². The molecule has 3 nitrogen and oxygen atoms in total. The van der Waals surface area contributed by atoms with E-state index in [1.54, 1.807) is 11.3 Å². The summed E-state index contributed by atoms with van der Waals surface area (Å²) in [5.41, 5.74) is 7.31. The highest BCUT2D eigenvalue weighted by molar-refractivity contribution is 9.10. The van der Waals surface area contributed by atoms with Gasteiger partial charge in [-0.3, -0.25) is 0 Å². The third-order valence-electron chi connectivity index (χ3n) is 3.20. The summed E-state index contributed by atoms with van der Waals surface area (Å²) in [6.07, 6.45) is 3.11. The third-order valence-corrected chi connectivity index (χ3v) is 4.66. The molecule has 0 saturated carbocycles.